The van der Waals surface area contributed by atoms with Crippen LogP contribution in [0.2, 0.25) is 0 Å². The van der Waals surface area contributed by atoms with E-state index in [9.17, 15) is 5.26 Å². The second-order valence-electron chi connectivity index (χ2n) is 8.44. The molecule has 4 rings (SSSR count). The normalized spacial score (nSPS) is 14.2. The number of aryl methyl sites for hydroxylation is 2. The Kier molecular flexibility index (Phi) is 7.77. The van der Waals surface area contributed by atoms with Crippen LogP contribution in [0.25, 0.3) is 11.1 Å². The van der Waals surface area contributed by atoms with Crippen molar-refractivity contribution >= 4 is 0 Å². The Morgan fingerprint density at radius 2 is 1.85 bits per heavy atom. The lowest BCUT2D eigenvalue weighted by Crippen LogP contribution is -2.38. The molecule has 0 saturated carbocycles. The molecule has 1 saturated heterocycles. The minimum Gasteiger partial charge on any atom is -0.476 e. The topological polar surface area (TPSA) is 63.3 Å². The number of benzene rings is 2. The number of hydrogen-bond donors (Lipinski definition) is 0. The van der Waals surface area contributed by atoms with Gasteiger partial charge in [-0.15, -0.1) is 0 Å². The van der Waals surface area contributed by atoms with Crippen LogP contribution in [0.4, 0.5) is 0 Å². The van der Waals surface area contributed by atoms with Gasteiger partial charge in [-0.2, -0.15) is 10.4 Å². The largest absolute Gasteiger partial charge is 0.476 e. The van der Waals surface area contributed by atoms with E-state index in [1.807, 2.05) is 36.0 Å². The van der Waals surface area contributed by atoms with Gasteiger partial charge in [-0.05, 0) is 29.2 Å². The number of nitrogens with zero attached hydrogens (tertiary/aromatic N) is 4. The highest BCUT2D eigenvalue weighted by Gasteiger charge is 2.19. The van der Waals surface area contributed by atoms with Crippen LogP contribution in [0.3, 0.4) is 0 Å². The van der Waals surface area contributed by atoms with Crippen LogP contribution in [-0.4, -0.2) is 54.1 Å². The predicted octanol–water partition coefficient (Wildman–Crippen LogP) is 4.21. The molecule has 1 aromatic heterocycles. The second kappa shape index (κ2) is 11.1. The third kappa shape index (κ3) is 5.62. The molecular formula is C27H32N4O2. The van der Waals surface area contributed by atoms with Crippen LogP contribution < -0.4 is 4.74 Å². The standard InChI is InChI=1S/C27H32N4O2/c1-3-6-26-25(27(30(2)29-26)33-18-15-31-13-16-32-17-14-31)19-21-9-11-22(12-10-21)24-8-5-4-7-23(24)20-28/h4-5,7-12H,3,6,13-19H2,1-2H3. The number of aromatic nitrogens is 2. The Balaban J connectivity index is 1.50. The lowest BCUT2D eigenvalue weighted by atomic mass is 9.97. The highest BCUT2D eigenvalue weighted by atomic mass is 16.5. The summed E-state index contributed by atoms with van der Waals surface area (Å²) in [5.74, 6) is 0.866. The van der Waals surface area contributed by atoms with Crippen molar-refractivity contribution < 1.29 is 9.47 Å². The first-order valence-corrected chi connectivity index (χ1v) is 11.8. The lowest BCUT2D eigenvalue weighted by Gasteiger charge is -2.26. The van der Waals surface area contributed by atoms with Gasteiger partial charge in [-0.25, -0.2) is 4.68 Å². The van der Waals surface area contributed by atoms with E-state index in [4.69, 9.17) is 14.6 Å². The third-order valence-corrected chi connectivity index (χ3v) is 6.10. The van der Waals surface area contributed by atoms with Crippen molar-refractivity contribution in [2.75, 3.05) is 39.5 Å². The first kappa shape index (κ1) is 23.0. The molecule has 6 nitrogen and oxygen atoms in total. The molecule has 0 spiro atoms. The zero-order valence-electron chi connectivity index (χ0n) is 19.6. The molecule has 1 aliphatic rings. The average Bonchev–Trinajstić information content (AvgIpc) is 3.14. The van der Waals surface area contributed by atoms with Gasteiger partial charge in [0.25, 0.3) is 0 Å². The minimum absolute atomic E-state index is 0.641. The first-order chi connectivity index (χ1) is 16.2. The Morgan fingerprint density at radius 3 is 2.58 bits per heavy atom. The minimum atomic E-state index is 0.641. The highest BCUT2D eigenvalue weighted by molar-refractivity contribution is 5.70. The maximum atomic E-state index is 9.41. The summed E-state index contributed by atoms with van der Waals surface area (Å²) in [5.41, 5.74) is 6.20. The Bertz CT molecular complexity index is 1090. The molecule has 1 aliphatic heterocycles. The van der Waals surface area contributed by atoms with Crippen molar-refractivity contribution in [2.24, 2.45) is 7.05 Å². The van der Waals surface area contributed by atoms with Gasteiger partial charge in [-0.1, -0.05) is 55.8 Å². The molecule has 1 fully saturated rings. The monoisotopic (exact) mass is 444 g/mol. The fraction of sp³-hybridized carbons (Fsp3) is 0.407. The molecule has 2 heterocycles. The van der Waals surface area contributed by atoms with Gasteiger partial charge in [0, 0.05) is 38.7 Å². The Morgan fingerprint density at radius 1 is 1.09 bits per heavy atom. The molecule has 172 valence electrons. The van der Waals surface area contributed by atoms with Crippen molar-refractivity contribution in [3.8, 4) is 23.1 Å². The molecule has 0 radical (unpaired) electrons. The van der Waals surface area contributed by atoms with E-state index in [2.05, 4.69) is 42.2 Å². The Labute approximate surface area is 196 Å². The molecule has 2 aromatic carbocycles. The van der Waals surface area contributed by atoms with Crippen LogP contribution in [0.5, 0.6) is 5.88 Å². The number of nitriles is 1. The van der Waals surface area contributed by atoms with Gasteiger partial charge >= 0.3 is 0 Å². The Hall–Kier alpha value is -3.14. The summed E-state index contributed by atoms with van der Waals surface area (Å²) < 4.78 is 13.6. The molecule has 0 atom stereocenters. The number of morpholine rings is 1. The summed E-state index contributed by atoms with van der Waals surface area (Å²) >= 11 is 0. The van der Waals surface area contributed by atoms with Gasteiger partial charge in [0.05, 0.1) is 30.5 Å². The van der Waals surface area contributed by atoms with E-state index in [-0.39, 0.29) is 0 Å². The summed E-state index contributed by atoms with van der Waals surface area (Å²) in [5, 5.41) is 14.2. The molecule has 0 bridgehead atoms. The van der Waals surface area contributed by atoms with Crippen LogP contribution in [0.1, 0.15) is 35.7 Å². The van der Waals surface area contributed by atoms with Crippen LogP contribution >= 0.6 is 0 Å². The maximum Gasteiger partial charge on any atom is 0.215 e. The van der Waals surface area contributed by atoms with Gasteiger partial charge in [0.2, 0.25) is 5.88 Å². The molecular weight excluding hydrogens is 412 g/mol. The van der Waals surface area contributed by atoms with Gasteiger partial charge < -0.3 is 9.47 Å². The van der Waals surface area contributed by atoms with E-state index in [0.717, 1.165) is 74.8 Å². The fourth-order valence-corrected chi connectivity index (χ4v) is 4.34. The quantitative estimate of drug-likeness (QED) is 0.495. The SMILES string of the molecule is CCCc1nn(C)c(OCCN2CCOCC2)c1Cc1ccc(-c2ccccc2C#N)cc1. The second-order valence-corrected chi connectivity index (χ2v) is 8.44. The summed E-state index contributed by atoms with van der Waals surface area (Å²) in [6, 6.07) is 18.5. The van der Waals surface area contributed by atoms with Crippen molar-refractivity contribution in [2.45, 2.75) is 26.2 Å². The highest BCUT2D eigenvalue weighted by Crippen LogP contribution is 2.28. The zero-order valence-corrected chi connectivity index (χ0v) is 19.6. The van der Waals surface area contributed by atoms with E-state index in [1.54, 1.807) is 0 Å². The van der Waals surface area contributed by atoms with Crippen LogP contribution in [0, 0.1) is 11.3 Å². The molecule has 33 heavy (non-hydrogen) atoms. The summed E-state index contributed by atoms with van der Waals surface area (Å²) in [4.78, 5) is 2.38. The van der Waals surface area contributed by atoms with E-state index < -0.39 is 0 Å². The average molecular weight is 445 g/mol. The smallest absolute Gasteiger partial charge is 0.215 e. The van der Waals surface area contributed by atoms with Crippen molar-refractivity contribution in [3.05, 3.63) is 70.9 Å². The fourth-order valence-electron chi connectivity index (χ4n) is 4.34. The van der Waals surface area contributed by atoms with Crippen LogP contribution in [-0.2, 0) is 24.6 Å². The van der Waals surface area contributed by atoms with Crippen molar-refractivity contribution in [3.63, 3.8) is 0 Å². The van der Waals surface area contributed by atoms with Crippen LogP contribution in [0.15, 0.2) is 48.5 Å². The molecule has 6 heteroatoms. The summed E-state index contributed by atoms with van der Waals surface area (Å²) in [6.45, 7) is 7.23. The maximum absolute atomic E-state index is 9.41. The predicted molar refractivity (Wildman–Crippen MR) is 129 cm³/mol. The van der Waals surface area contributed by atoms with Gasteiger partial charge in [-0.3, -0.25) is 4.90 Å². The van der Waals surface area contributed by atoms with Crippen molar-refractivity contribution in [1.82, 2.24) is 14.7 Å². The zero-order chi connectivity index (χ0) is 23.0. The van der Waals surface area contributed by atoms with E-state index >= 15 is 0 Å². The van der Waals surface area contributed by atoms with E-state index in [1.165, 1.54) is 11.1 Å². The number of rotatable bonds is 9. The summed E-state index contributed by atoms with van der Waals surface area (Å²) in [7, 11) is 1.97. The van der Waals surface area contributed by atoms with Gasteiger partial charge in [0.1, 0.15) is 6.61 Å². The summed E-state index contributed by atoms with van der Waals surface area (Å²) in [6.07, 6.45) is 2.75. The number of ether oxygens (including phenoxy) is 2. The van der Waals surface area contributed by atoms with Gasteiger partial charge in [0.15, 0.2) is 0 Å². The van der Waals surface area contributed by atoms with Crippen molar-refractivity contribution in [1.29, 1.82) is 5.26 Å². The molecule has 0 aliphatic carbocycles. The molecule has 3 aromatic rings. The molecule has 0 unspecified atom stereocenters. The first-order valence-electron chi connectivity index (χ1n) is 11.8. The lowest BCUT2D eigenvalue weighted by molar-refractivity contribution is 0.0317. The third-order valence-electron chi connectivity index (χ3n) is 6.10. The number of hydrogen-bond acceptors (Lipinski definition) is 5. The van der Waals surface area contributed by atoms with E-state index in [0.29, 0.717) is 12.2 Å². The molecule has 0 amide bonds. The molecule has 0 N–H and O–H groups in total.